The predicted molar refractivity (Wildman–Crippen MR) is 91.8 cm³/mol. The molecule has 2 rings (SSSR count). The number of likely N-dealkylation sites (tertiary alicyclic amines) is 1. The second-order valence-corrected chi connectivity index (χ2v) is 6.20. The van der Waals surface area contributed by atoms with Crippen molar-refractivity contribution >= 4 is 5.91 Å². The van der Waals surface area contributed by atoms with Crippen LogP contribution in [-0.2, 0) is 11.2 Å². The van der Waals surface area contributed by atoms with Gasteiger partial charge in [0.05, 0.1) is 0 Å². The molecule has 120 valence electrons. The maximum absolute atomic E-state index is 11.9. The molecule has 1 N–H and O–H groups in total. The van der Waals surface area contributed by atoms with E-state index < -0.39 is 0 Å². The van der Waals surface area contributed by atoms with Crippen LogP contribution in [0.1, 0.15) is 32.3 Å². The van der Waals surface area contributed by atoms with Crippen LogP contribution < -0.4 is 5.32 Å². The first-order valence-corrected chi connectivity index (χ1v) is 8.40. The summed E-state index contributed by atoms with van der Waals surface area (Å²) in [6, 6.07) is 10.6. The molecule has 1 aromatic carbocycles. The zero-order valence-corrected chi connectivity index (χ0v) is 13.8. The summed E-state index contributed by atoms with van der Waals surface area (Å²) in [6.07, 6.45) is 5.19. The van der Waals surface area contributed by atoms with Crippen molar-refractivity contribution in [1.29, 1.82) is 0 Å². The van der Waals surface area contributed by atoms with Gasteiger partial charge in [-0.15, -0.1) is 0 Å². The number of carbonyl (C=O) groups is 1. The minimum Gasteiger partial charge on any atom is -0.352 e. The normalized spacial score (nSPS) is 19.4. The van der Waals surface area contributed by atoms with Crippen molar-refractivity contribution in [2.45, 2.75) is 33.1 Å². The lowest BCUT2D eigenvalue weighted by atomic mass is 10.1. The highest BCUT2D eigenvalue weighted by atomic mass is 16.1. The lowest BCUT2D eigenvalue weighted by Gasteiger charge is -2.16. The number of allylic oxidation sites excluding steroid dienone is 1. The van der Waals surface area contributed by atoms with Crippen molar-refractivity contribution in [2.75, 3.05) is 26.2 Å². The molecular formula is C19H28N2O. The van der Waals surface area contributed by atoms with E-state index in [4.69, 9.17) is 0 Å². The second kappa shape index (κ2) is 8.74. The van der Waals surface area contributed by atoms with Crippen LogP contribution >= 0.6 is 0 Å². The molecular weight excluding hydrogens is 272 g/mol. The van der Waals surface area contributed by atoms with Gasteiger partial charge >= 0.3 is 0 Å². The molecule has 1 saturated heterocycles. The maximum Gasteiger partial charge on any atom is 0.246 e. The molecule has 0 saturated carbocycles. The van der Waals surface area contributed by atoms with Gasteiger partial charge in [0.2, 0.25) is 5.91 Å². The SMILES string of the molecule is CCC=C(C)C(=O)NCC1CCN(CCc2ccccc2)C1. The summed E-state index contributed by atoms with van der Waals surface area (Å²) in [5.41, 5.74) is 2.24. The third-order valence-corrected chi connectivity index (χ3v) is 4.35. The highest BCUT2D eigenvalue weighted by Crippen LogP contribution is 2.16. The van der Waals surface area contributed by atoms with Crippen LogP contribution in [0.25, 0.3) is 0 Å². The van der Waals surface area contributed by atoms with Gasteiger partial charge < -0.3 is 10.2 Å². The minimum atomic E-state index is 0.0876. The summed E-state index contributed by atoms with van der Waals surface area (Å²) in [5, 5.41) is 3.07. The minimum absolute atomic E-state index is 0.0876. The fraction of sp³-hybridized carbons (Fsp3) is 0.526. The molecule has 1 heterocycles. The number of hydrogen-bond acceptors (Lipinski definition) is 2. The number of rotatable bonds is 7. The Hall–Kier alpha value is -1.61. The molecule has 22 heavy (non-hydrogen) atoms. The fourth-order valence-corrected chi connectivity index (χ4v) is 2.99. The average molecular weight is 300 g/mol. The van der Waals surface area contributed by atoms with Crippen molar-refractivity contribution in [2.24, 2.45) is 5.92 Å². The molecule has 3 heteroatoms. The lowest BCUT2D eigenvalue weighted by Crippen LogP contribution is -2.31. The smallest absolute Gasteiger partial charge is 0.246 e. The van der Waals surface area contributed by atoms with Crippen LogP contribution in [0.5, 0.6) is 0 Å². The van der Waals surface area contributed by atoms with Crippen LogP contribution in [0.3, 0.4) is 0 Å². The number of nitrogens with one attached hydrogen (secondary N) is 1. The lowest BCUT2D eigenvalue weighted by molar-refractivity contribution is -0.117. The van der Waals surface area contributed by atoms with Crippen molar-refractivity contribution in [3.8, 4) is 0 Å². The molecule has 3 nitrogen and oxygen atoms in total. The molecule has 0 bridgehead atoms. The molecule has 1 fully saturated rings. The topological polar surface area (TPSA) is 32.3 Å². The number of benzene rings is 1. The standard InChI is InChI=1S/C19H28N2O/c1-3-7-16(2)19(22)20-14-18-11-13-21(15-18)12-10-17-8-5-4-6-9-17/h4-9,18H,3,10-15H2,1-2H3,(H,20,22). The summed E-state index contributed by atoms with van der Waals surface area (Å²) < 4.78 is 0. The maximum atomic E-state index is 11.9. The fourth-order valence-electron chi connectivity index (χ4n) is 2.99. The first-order chi connectivity index (χ1) is 10.7. The van der Waals surface area contributed by atoms with E-state index in [-0.39, 0.29) is 5.91 Å². The van der Waals surface area contributed by atoms with Crippen molar-refractivity contribution < 1.29 is 4.79 Å². The molecule has 0 aromatic heterocycles. The number of hydrogen-bond donors (Lipinski definition) is 1. The Kier molecular flexibility index (Phi) is 6.66. The summed E-state index contributed by atoms with van der Waals surface area (Å²) >= 11 is 0. The van der Waals surface area contributed by atoms with E-state index in [0.717, 1.165) is 44.6 Å². The highest BCUT2D eigenvalue weighted by Gasteiger charge is 2.22. The Labute approximate surface area is 134 Å². The van der Waals surface area contributed by atoms with E-state index in [1.807, 2.05) is 13.0 Å². The van der Waals surface area contributed by atoms with Crippen LogP contribution in [0.15, 0.2) is 42.0 Å². The van der Waals surface area contributed by atoms with E-state index in [1.165, 1.54) is 12.0 Å². The molecule has 0 spiro atoms. The first-order valence-electron chi connectivity index (χ1n) is 8.40. The molecule has 1 atom stereocenters. The van der Waals surface area contributed by atoms with Gasteiger partial charge in [-0.2, -0.15) is 0 Å². The quantitative estimate of drug-likeness (QED) is 0.785. The van der Waals surface area contributed by atoms with Gasteiger partial charge in [0.25, 0.3) is 0 Å². The monoisotopic (exact) mass is 300 g/mol. The van der Waals surface area contributed by atoms with E-state index in [2.05, 4.69) is 47.5 Å². The van der Waals surface area contributed by atoms with E-state index in [9.17, 15) is 4.79 Å². The molecule has 1 aromatic rings. The third-order valence-electron chi connectivity index (χ3n) is 4.35. The predicted octanol–water partition coefficient (Wildman–Crippen LogP) is 3.02. The Morgan fingerprint density at radius 1 is 1.36 bits per heavy atom. The zero-order chi connectivity index (χ0) is 15.8. The molecule has 0 radical (unpaired) electrons. The molecule has 1 aliphatic rings. The van der Waals surface area contributed by atoms with E-state index in [0.29, 0.717) is 5.92 Å². The molecule has 1 amide bonds. The Balaban J connectivity index is 1.67. The molecule has 0 aliphatic carbocycles. The van der Waals surface area contributed by atoms with E-state index >= 15 is 0 Å². The Morgan fingerprint density at radius 3 is 2.86 bits per heavy atom. The van der Waals surface area contributed by atoms with Gasteiger partial charge in [-0.3, -0.25) is 4.79 Å². The number of nitrogens with zero attached hydrogens (tertiary/aromatic N) is 1. The zero-order valence-electron chi connectivity index (χ0n) is 13.8. The molecule has 1 unspecified atom stereocenters. The van der Waals surface area contributed by atoms with Gasteiger partial charge in [0.1, 0.15) is 0 Å². The first kappa shape index (κ1) is 16.8. The second-order valence-electron chi connectivity index (χ2n) is 6.20. The Bertz CT molecular complexity index is 495. The average Bonchev–Trinajstić information content (AvgIpc) is 3.00. The summed E-state index contributed by atoms with van der Waals surface area (Å²) in [5.74, 6) is 0.679. The van der Waals surface area contributed by atoms with Crippen LogP contribution in [0, 0.1) is 5.92 Å². The third kappa shape index (κ3) is 5.30. The van der Waals surface area contributed by atoms with Gasteiger partial charge in [0, 0.05) is 25.2 Å². The highest BCUT2D eigenvalue weighted by molar-refractivity contribution is 5.92. The largest absolute Gasteiger partial charge is 0.352 e. The van der Waals surface area contributed by atoms with E-state index in [1.54, 1.807) is 0 Å². The van der Waals surface area contributed by atoms with Crippen molar-refractivity contribution in [1.82, 2.24) is 10.2 Å². The van der Waals surface area contributed by atoms with Crippen LogP contribution in [0.2, 0.25) is 0 Å². The van der Waals surface area contributed by atoms with Gasteiger partial charge in [-0.25, -0.2) is 0 Å². The van der Waals surface area contributed by atoms with Crippen LogP contribution in [0.4, 0.5) is 0 Å². The van der Waals surface area contributed by atoms with Gasteiger partial charge in [-0.05, 0) is 44.2 Å². The Morgan fingerprint density at radius 2 is 2.14 bits per heavy atom. The van der Waals surface area contributed by atoms with Gasteiger partial charge in [-0.1, -0.05) is 43.3 Å². The summed E-state index contributed by atoms with van der Waals surface area (Å²) in [7, 11) is 0. The van der Waals surface area contributed by atoms with Crippen LogP contribution in [-0.4, -0.2) is 37.0 Å². The van der Waals surface area contributed by atoms with Crippen molar-refractivity contribution in [3.63, 3.8) is 0 Å². The van der Waals surface area contributed by atoms with Crippen molar-refractivity contribution in [3.05, 3.63) is 47.5 Å². The molecule has 1 aliphatic heterocycles. The summed E-state index contributed by atoms with van der Waals surface area (Å²) in [4.78, 5) is 14.4. The number of amides is 1. The van der Waals surface area contributed by atoms with Gasteiger partial charge in [0.15, 0.2) is 0 Å². The summed E-state index contributed by atoms with van der Waals surface area (Å²) in [6.45, 7) is 8.11. The number of carbonyl (C=O) groups excluding carboxylic acids is 1.